The summed E-state index contributed by atoms with van der Waals surface area (Å²) in [5, 5.41) is 3.94. The Kier molecular flexibility index (Phi) is 3.93. The standard InChI is InChI=1S/C14H19ClFN/c1-9-4-3-5-10(2)14(9)17-13-7-6-11(16)8-12(13)15/h6-10,14,17H,3-5H2,1-2H3. The summed E-state index contributed by atoms with van der Waals surface area (Å²) in [6.07, 6.45) is 3.80. The van der Waals surface area contributed by atoms with Gasteiger partial charge < -0.3 is 5.32 Å². The molecule has 0 saturated heterocycles. The van der Waals surface area contributed by atoms with Crippen molar-refractivity contribution in [2.75, 3.05) is 5.32 Å². The first kappa shape index (κ1) is 12.7. The lowest BCUT2D eigenvalue weighted by atomic mass is 9.78. The molecule has 1 N–H and O–H groups in total. The van der Waals surface area contributed by atoms with Gasteiger partial charge in [-0.25, -0.2) is 4.39 Å². The predicted octanol–water partition coefficient (Wildman–Crippen LogP) is 4.72. The zero-order valence-corrected chi connectivity index (χ0v) is 11.1. The Morgan fingerprint density at radius 1 is 1.24 bits per heavy atom. The summed E-state index contributed by atoms with van der Waals surface area (Å²) in [6.45, 7) is 4.54. The normalized spacial score (nSPS) is 29.1. The number of anilines is 1. The van der Waals surface area contributed by atoms with Crippen molar-refractivity contribution < 1.29 is 4.39 Å². The maximum atomic E-state index is 13.0. The van der Waals surface area contributed by atoms with Crippen LogP contribution in [0.15, 0.2) is 18.2 Å². The molecule has 2 atom stereocenters. The molecule has 0 bridgehead atoms. The summed E-state index contributed by atoms with van der Waals surface area (Å²) in [4.78, 5) is 0. The van der Waals surface area contributed by atoms with Crippen molar-refractivity contribution in [1.82, 2.24) is 0 Å². The average molecular weight is 256 g/mol. The highest BCUT2D eigenvalue weighted by Crippen LogP contribution is 2.33. The second-order valence-corrected chi connectivity index (χ2v) is 5.59. The summed E-state index contributed by atoms with van der Waals surface area (Å²) in [5.74, 6) is 0.991. The molecule has 1 saturated carbocycles. The molecule has 1 aliphatic rings. The molecule has 2 rings (SSSR count). The van der Waals surface area contributed by atoms with Crippen LogP contribution in [0.4, 0.5) is 10.1 Å². The van der Waals surface area contributed by atoms with E-state index in [9.17, 15) is 4.39 Å². The molecule has 3 heteroatoms. The van der Waals surface area contributed by atoms with E-state index in [-0.39, 0.29) is 5.82 Å². The molecule has 1 nitrogen and oxygen atoms in total. The summed E-state index contributed by atoms with van der Waals surface area (Å²) in [7, 11) is 0. The SMILES string of the molecule is CC1CCCC(C)C1Nc1ccc(F)cc1Cl. The van der Waals surface area contributed by atoms with Crippen molar-refractivity contribution in [3.8, 4) is 0 Å². The number of nitrogens with one attached hydrogen (secondary N) is 1. The number of rotatable bonds is 2. The summed E-state index contributed by atoms with van der Waals surface area (Å²) in [6, 6.07) is 4.98. The lowest BCUT2D eigenvalue weighted by Gasteiger charge is -2.36. The van der Waals surface area contributed by atoms with Gasteiger partial charge >= 0.3 is 0 Å². The van der Waals surface area contributed by atoms with Gasteiger partial charge in [-0.1, -0.05) is 31.9 Å². The molecule has 1 aliphatic carbocycles. The Morgan fingerprint density at radius 2 is 1.88 bits per heavy atom. The lowest BCUT2D eigenvalue weighted by molar-refractivity contribution is 0.268. The van der Waals surface area contributed by atoms with E-state index in [0.29, 0.717) is 22.9 Å². The van der Waals surface area contributed by atoms with Gasteiger partial charge in [-0.15, -0.1) is 0 Å². The van der Waals surface area contributed by atoms with Crippen LogP contribution in [0.2, 0.25) is 5.02 Å². The van der Waals surface area contributed by atoms with Crippen LogP contribution >= 0.6 is 11.6 Å². The lowest BCUT2D eigenvalue weighted by Crippen LogP contribution is -2.37. The fraction of sp³-hybridized carbons (Fsp3) is 0.571. The number of halogens is 2. The Morgan fingerprint density at radius 3 is 2.47 bits per heavy atom. The number of hydrogen-bond acceptors (Lipinski definition) is 1. The van der Waals surface area contributed by atoms with Crippen LogP contribution in [-0.2, 0) is 0 Å². The van der Waals surface area contributed by atoms with Crippen LogP contribution in [0.25, 0.3) is 0 Å². The monoisotopic (exact) mass is 255 g/mol. The first-order valence-corrected chi connectivity index (χ1v) is 6.67. The van der Waals surface area contributed by atoms with E-state index in [1.165, 1.54) is 31.4 Å². The minimum absolute atomic E-state index is 0.287. The van der Waals surface area contributed by atoms with Gasteiger partial charge in [0.25, 0.3) is 0 Å². The Hall–Kier alpha value is -0.760. The smallest absolute Gasteiger partial charge is 0.124 e. The summed E-state index contributed by atoms with van der Waals surface area (Å²) < 4.78 is 13.0. The molecule has 1 aromatic rings. The maximum Gasteiger partial charge on any atom is 0.124 e. The fourth-order valence-electron chi connectivity index (χ4n) is 2.75. The molecule has 1 fully saturated rings. The van der Waals surface area contributed by atoms with Gasteiger partial charge in [-0.05, 0) is 42.9 Å². The molecular formula is C14H19ClFN. The second-order valence-electron chi connectivity index (χ2n) is 5.18. The second kappa shape index (κ2) is 5.26. The van der Waals surface area contributed by atoms with Gasteiger partial charge in [0.05, 0.1) is 10.7 Å². The van der Waals surface area contributed by atoms with E-state index >= 15 is 0 Å². The van der Waals surface area contributed by atoms with Gasteiger partial charge in [-0.2, -0.15) is 0 Å². The van der Waals surface area contributed by atoms with Crippen LogP contribution in [-0.4, -0.2) is 6.04 Å². The van der Waals surface area contributed by atoms with E-state index in [2.05, 4.69) is 19.2 Å². The third kappa shape index (κ3) is 2.92. The molecule has 0 aromatic heterocycles. The number of hydrogen-bond donors (Lipinski definition) is 1. The molecule has 0 radical (unpaired) electrons. The maximum absolute atomic E-state index is 13.0. The third-order valence-corrected chi connectivity index (χ3v) is 4.11. The topological polar surface area (TPSA) is 12.0 Å². The van der Waals surface area contributed by atoms with Crippen LogP contribution in [0.3, 0.4) is 0 Å². The van der Waals surface area contributed by atoms with Crippen molar-refractivity contribution in [3.05, 3.63) is 29.0 Å². The molecule has 17 heavy (non-hydrogen) atoms. The van der Waals surface area contributed by atoms with Crippen molar-refractivity contribution in [3.63, 3.8) is 0 Å². The minimum Gasteiger partial charge on any atom is -0.381 e. The van der Waals surface area contributed by atoms with Gasteiger partial charge in [0.1, 0.15) is 5.82 Å². The van der Waals surface area contributed by atoms with Gasteiger partial charge in [0, 0.05) is 6.04 Å². The van der Waals surface area contributed by atoms with E-state index in [4.69, 9.17) is 11.6 Å². The van der Waals surface area contributed by atoms with Crippen molar-refractivity contribution >= 4 is 17.3 Å². The molecular weight excluding hydrogens is 237 g/mol. The van der Waals surface area contributed by atoms with Crippen LogP contribution < -0.4 is 5.32 Å². The van der Waals surface area contributed by atoms with E-state index in [1.54, 1.807) is 6.07 Å². The molecule has 0 heterocycles. The third-order valence-electron chi connectivity index (χ3n) is 3.80. The van der Waals surface area contributed by atoms with Crippen molar-refractivity contribution in [1.29, 1.82) is 0 Å². The quantitative estimate of drug-likeness (QED) is 0.807. The summed E-state index contributed by atoms with van der Waals surface area (Å²) in [5.41, 5.74) is 0.846. The molecule has 94 valence electrons. The molecule has 0 amide bonds. The zero-order valence-electron chi connectivity index (χ0n) is 10.3. The van der Waals surface area contributed by atoms with Gasteiger partial charge in [-0.3, -0.25) is 0 Å². The van der Waals surface area contributed by atoms with Crippen molar-refractivity contribution in [2.24, 2.45) is 11.8 Å². The Balaban J connectivity index is 2.13. The first-order valence-electron chi connectivity index (χ1n) is 6.29. The van der Waals surface area contributed by atoms with Crippen LogP contribution in [0.1, 0.15) is 33.1 Å². The fourth-order valence-corrected chi connectivity index (χ4v) is 2.97. The molecule has 0 spiro atoms. The Bertz CT molecular complexity index is 384. The van der Waals surface area contributed by atoms with Crippen LogP contribution in [0.5, 0.6) is 0 Å². The van der Waals surface area contributed by atoms with E-state index in [0.717, 1.165) is 5.69 Å². The summed E-state index contributed by atoms with van der Waals surface area (Å²) >= 11 is 6.04. The van der Waals surface area contributed by atoms with Crippen LogP contribution in [0, 0.1) is 17.7 Å². The predicted molar refractivity (Wildman–Crippen MR) is 71.0 cm³/mol. The number of benzene rings is 1. The van der Waals surface area contributed by atoms with Gasteiger partial charge in [0.2, 0.25) is 0 Å². The Labute approximate surface area is 107 Å². The van der Waals surface area contributed by atoms with Crippen molar-refractivity contribution in [2.45, 2.75) is 39.2 Å². The molecule has 2 unspecified atom stereocenters. The first-order chi connectivity index (χ1) is 8.08. The van der Waals surface area contributed by atoms with E-state index < -0.39 is 0 Å². The largest absolute Gasteiger partial charge is 0.381 e. The zero-order chi connectivity index (χ0) is 12.4. The van der Waals surface area contributed by atoms with Gasteiger partial charge in [0.15, 0.2) is 0 Å². The average Bonchev–Trinajstić information content (AvgIpc) is 2.26. The van der Waals surface area contributed by atoms with E-state index in [1.807, 2.05) is 0 Å². The highest BCUT2D eigenvalue weighted by atomic mass is 35.5. The highest BCUT2D eigenvalue weighted by Gasteiger charge is 2.27. The highest BCUT2D eigenvalue weighted by molar-refractivity contribution is 6.33. The minimum atomic E-state index is -0.287. The molecule has 0 aliphatic heterocycles. The molecule has 1 aromatic carbocycles.